The maximum absolute atomic E-state index is 12.1. The van der Waals surface area contributed by atoms with Crippen LogP contribution in [0.25, 0.3) is 5.57 Å². The number of allylic oxidation sites excluding steroid dienone is 1. The van der Waals surface area contributed by atoms with Gasteiger partial charge in [-0.1, -0.05) is 29.8 Å². The quantitative estimate of drug-likeness (QED) is 0.808. The molecule has 0 unspecified atom stereocenters. The van der Waals surface area contributed by atoms with Gasteiger partial charge in [0.25, 0.3) is 0 Å². The van der Waals surface area contributed by atoms with Gasteiger partial charge in [0.2, 0.25) is 11.8 Å². The van der Waals surface area contributed by atoms with E-state index in [1.54, 1.807) is 6.07 Å². The lowest BCUT2D eigenvalue weighted by atomic mass is 9.79. The van der Waals surface area contributed by atoms with E-state index in [1.807, 2.05) is 25.1 Å². The first-order valence-electron chi connectivity index (χ1n) is 7.53. The van der Waals surface area contributed by atoms with Gasteiger partial charge in [0.1, 0.15) is 0 Å². The zero-order valence-electron chi connectivity index (χ0n) is 13.1. The van der Waals surface area contributed by atoms with E-state index >= 15 is 0 Å². The fraction of sp³-hybridized carbons (Fsp3) is 0.412. The fourth-order valence-electron chi connectivity index (χ4n) is 2.64. The third-order valence-corrected chi connectivity index (χ3v) is 4.55. The molecule has 5 nitrogen and oxygen atoms in total. The predicted molar refractivity (Wildman–Crippen MR) is 89.8 cm³/mol. The molecule has 1 saturated heterocycles. The third-order valence-electron chi connectivity index (χ3n) is 4.22. The summed E-state index contributed by atoms with van der Waals surface area (Å²) in [6, 6.07) is 7.32. The molecule has 0 saturated carbocycles. The Bertz CT molecular complexity index is 622. The molecule has 1 aliphatic rings. The van der Waals surface area contributed by atoms with E-state index in [4.69, 9.17) is 22.1 Å². The first kappa shape index (κ1) is 17.5. The number of ether oxygens (including phenoxy) is 1. The number of hydrogen-bond acceptors (Lipinski definition) is 3. The van der Waals surface area contributed by atoms with E-state index in [0.717, 1.165) is 11.1 Å². The molecule has 124 valence electrons. The molecule has 0 aromatic heterocycles. The number of nitrogens with two attached hydrogens (primary N) is 1. The van der Waals surface area contributed by atoms with Crippen molar-refractivity contribution < 1.29 is 14.3 Å². The van der Waals surface area contributed by atoms with Crippen LogP contribution in [0.1, 0.15) is 25.3 Å². The molecule has 2 amide bonds. The summed E-state index contributed by atoms with van der Waals surface area (Å²) in [5, 5.41) is 3.37. The molecular formula is C17H21ClN2O3. The number of carbonyl (C=O) groups is 2. The summed E-state index contributed by atoms with van der Waals surface area (Å²) in [5.74, 6) is -0.664. The average molecular weight is 337 g/mol. The molecule has 0 spiro atoms. The number of hydrogen-bond donors (Lipinski definition) is 2. The van der Waals surface area contributed by atoms with Crippen LogP contribution in [0, 0.1) is 5.41 Å². The summed E-state index contributed by atoms with van der Waals surface area (Å²) in [5.41, 5.74) is 6.36. The molecule has 0 radical (unpaired) electrons. The SMILES string of the molecule is C/C(=C\C(=O)NCC1(C(N)=O)CCOCC1)c1ccccc1Cl. The Balaban J connectivity index is 2.03. The van der Waals surface area contributed by atoms with Crippen molar-refractivity contribution in [3.05, 3.63) is 40.9 Å². The van der Waals surface area contributed by atoms with Crippen LogP contribution in [0.2, 0.25) is 5.02 Å². The fourth-order valence-corrected chi connectivity index (χ4v) is 2.92. The van der Waals surface area contributed by atoms with E-state index in [-0.39, 0.29) is 12.5 Å². The van der Waals surface area contributed by atoms with E-state index < -0.39 is 11.3 Å². The molecule has 23 heavy (non-hydrogen) atoms. The second-order valence-electron chi connectivity index (χ2n) is 5.78. The lowest BCUT2D eigenvalue weighted by molar-refractivity contribution is -0.133. The van der Waals surface area contributed by atoms with Crippen molar-refractivity contribution in [1.29, 1.82) is 0 Å². The highest BCUT2D eigenvalue weighted by atomic mass is 35.5. The average Bonchev–Trinajstić information content (AvgIpc) is 2.54. The summed E-state index contributed by atoms with van der Waals surface area (Å²) in [6.07, 6.45) is 2.53. The minimum absolute atomic E-state index is 0.219. The second kappa shape index (κ2) is 7.62. The Labute approximate surface area is 140 Å². The van der Waals surface area contributed by atoms with Gasteiger partial charge in [-0.25, -0.2) is 0 Å². The van der Waals surface area contributed by atoms with Crippen molar-refractivity contribution in [2.75, 3.05) is 19.8 Å². The maximum Gasteiger partial charge on any atom is 0.244 e. The Hall–Kier alpha value is -1.85. The molecule has 0 atom stereocenters. The number of carbonyl (C=O) groups excluding carboxylic acids is 2. The Morgan fingerprint density at radius 1 is 1.35 bits per heavy atom. The molecule has 1 aromatic rings. The van der Waals surface area contributed by atoms with Crippen molar-refractivity contribution in [2.45, 2.75) is 19.8 Å². The summed E-state index contributed by atoms with van der Waals surface area (Å²) in [4.78, 5) is 23.9. The van der Waals surface area contributed by atoms with Gasteiger partial charge in [-0.15, -0.1) is 0 Å². The molecule has 1 fully saturated rings. The highest BCUT2D eigenvalue weighted by Crippen LogP contribution is 2.29. The zero-order valence-corrected chi connectivity index (χ0v) is 13.9. The normalized spacial score (nSPS) is 17.6. The van der Waals surface area contributed by atoms with Crippen molar-refractivity contribution >= 4 is 29.0 Å². The topological polar surface area (TPSA) is 81.4 Å². The monoisotopic (exact) mass is 336 g/mol. The minimum Gasteiger partial charge on any atom is -0.381 e. The summed E-state index contributed by atoms with van der Waals surface area (Å²) in [7, 11) is 0. The number of benzene rings is 1. The molecule has 0 aliphatic carbocycles. The Morgan fingerprint density at radius 2 is 2.00 bits per heavy atom. The van der Waals surface area contributed by atoms with E-state index in [9.17, 15) is 9.59 Å². The summed E-state index contributed by atoms with van der Waals surface area (Å²) < 4.78 is 5.27. The summed E-state index contributed by atoms with van der Waals surface area (Å²) >= 11 is 6.12. The van der Waals surface area contributed by atoms with E-state index in [1.165, 1.54) is 6.08 Å². The van der Waals surface area contributed by atoms with Gasteiger partial charge in [-0.05, 0) is 37.0 Å². The van der Waals surface area contributed by atoms with Crippen LogP contribution < -0.4 is 11.1 Å². The molecular weight excluding hydrogens is 316 g/mol. The minimum atomic E-state index is -0.722. The Morgan fingerprint density at radius 3 is 2.61 bits per heavy atom. The maximum atomic E-state index is 12.1. The first-order chi connectivity index (χ1) is 10.9. The van der Waals surface area contributed by atoms with Crippen molar-refractivity contribution in [3.8, 4) is 0 Å². The van der Waals surface area contributed by atoms with Crippen LogP contribution in [-0.2, 0) is 14.3 Å². The van der Waals surface area contributed by atoms with E-state index in [0.29, 0.717) is 31.1 Å². The van der Waals surface area contributed by atoms with Crippen LogP contribution in [-0.4, -0.2) is 31.6 Å². The number of rotatable bonds is 5. The first-order valence-corrected chi connectivity index (χ1v) is 7.91. The van der Waals surface area contributed by atoms with Crippen molar-refractivity contribution in [3.63, 3.8) is 0 Å². The van der Waals surface area contributed by atoms with Crippen LogP contribution in [0.4, 0.5) is 0 Å². The number of amides is 2. The van der Waals surface area contributed by atoms with Crippen LogP contribution >= 0.6 is 11.6 Å². The molecule has 3 N–H and O–H groups in total. The summed E-state index contributed by atoms with van der Waals surface area (Å²) in [6.45, 7) is 3.00. The molecule has 2 rings (SSSR count). The van der Waals surface area contributed by atoms with Crippen LogP contribution in [0.15, 0.2) is 30.3 Å². The number of nitrogens with one attached hydrogen (secondary N) is 1. The van der Waals surface area contributed by atoms with Gasteiger partial charge in [0.05, 0.1) is 5.41 Å². The lowest BCUT2D eigenvalue weighted by Crippen LogP contribution is -2.49. The zero-order chi connectivity index (χ0) is 16.9. The largest absolute Gasteiger partial charge is 0.381 e. The molecule has 1 aromatic carbocycles. The predicted octanol–water partition coefficient (Wildman–Crippen LogP) is 2.14. The third kappa shape index (κ3) is 4.33. The van der Waals surface area contributed by atoms with Gasteiger partial charge in [-0.2, -0.15) is 0 Å². The van der Waals surface area contributed by atoms with Crippen molar-refractivity contribution in [1.82, 2.24) is 5.32 Å². The van der Waals surface area contributed by atoms with E-state index in [2.05, 4.69) is 5.32 Å². The highest BCUT2D eigenvalue weighted by molar-refractivity contribution is 6.32. The molecule has 1 heterocycles. The second-order valence-corrected chi connectivity index (χ2v) is 6.19. The smallest absolute Gasteiger partial charge is 0.244 e. The van der Waals surface area contributed by atoms with Gasteiger partial charge >= 0.3 is 0 Å². The Kier molecular flexibility index (Phi) is 5.80. The van der Waals surface area contributed by atoms with Crippen LogP contribution in [0.3, 0.4) is 0 Å². The van der Waals surface area contributed by atoms with Gasteiger partial charge in [0, 0.05) is 30.9 Å². The van der Waals surface area contributed by atoms with Crippen molar-refractivity contribution in [2.24, 2.45) is 11.1 Å². The van der Waals surface area contributed by atoms with Crippen LogP contribution in [0.5, 0.6) is 0 Å². The van der Waals surface area contributed by atoms with Gasteiger partial charge < -0.3 is 15.8 Å². The number of halogens is 1. The number of primary amides is 1. The molecule has 0 bridgehead atoms. The lowest BCUT2D eigenvalue weighted by Gasteiger charge is -2.34. The standard InChI is InChI=1S/C17H21ClN2O3/c1-12(13-4-2-3-5-14(13)18)10-15(21)20-11-17(16(19)22)6-8-23-9-7-17/h2-5,10H,6-9,11H2,1H3,(H2,19,22)(H,20,21)/b12-10+. The van der Waals surface area contributed by atoms with Gasteiger partial charge in [0.15, 0.2) is 0 Å². The molecule has 1 aliphatic heterocycles. The molecule has 6 heteroatoms. The highest BCUT2D eigenvalue weighted by Gasteiger charge is 2.38. The van der Waals surface area contributed by atoms with Gasteiger partial charge in [-0.3, -0.25) is 9.59 Å².